The minimum absolute atomic E-state index is 0.241. The smallest absolute Gasteiger partial charge is 0.115 e. The number of rotatable bonds is 10. The van der Waals surface area contributed by atoms with Crippen molar-refractivity contribution in [3.63, 3.8) is 0 Å². The molecular weight excluding hydrogens is 953 g/mol. The summed E-state index contributed by atoms with van der Waals surface area (Å²) in [5.41, 5.74) is 21.6. The molecule has 0 aliphatic carbocycles. The molecule has 78 heavy (non-hydrogen) atoms. The Labute approximate surface area is 453 Å². The first-order valence-electron chi connectivity index (χ1n) is 26.1. The monoisotopic (exact) mass is 1000 g/mol. The lowest BCUT2D eigenvalue weighted by molar-refractivity contribution is 0.475. The Morgan fingerprint density at radius 3 is 0.462 bits per heavy atom. The van der Waals surface area contributed by atoms with Crippen LogP contribution in [0.1, 0.15) is 0 Å². The fraction of sp³-hybridized carbons (Fsp3) is 0. The number of phenols is 4. The van der Waals surface area contributed by atoms with E-state index < -0.39 is 0 Å². The van der Waals surface area contributed by atoms with Gasteiger partial charge < -0.3 is 20.4 Å². The third-order valence-electron chi connectivity index (χ3n) is 15.1. The molecule has 0 heterocycles. The third-order valence-corrected chi connectivity index (χ3v) is 15.1. The van der Waals surface area contributed by atoms with Crippen LogP contribution in [0.5, 0.6) is 23.0 Å². The zero-order valence-corrected chi connectivity index (χ0v) is 42.3. The van der Waals surface area contributed by atoms with E-state index in [4.69, 9.17) is 0 Å². The lowest BCUT2D eigenvalue weighted by Gasteiger charge is -2.20. The topological polar surface area (TPSA) is 80.9 Å². The van der Waals surface area contributed by atoms with E-state index in [-0.39, 0.29) is 23.0 Å². The second-order valence-corrected chi connectivity index (χ2v) is 19.9. The molecular formula is C74H50O4. The van der Waals surface area contributed by atoms with Crippen molar-refractivity contribution in [2.75, 3.05) is 0 Å². The normalized spacial score (nSPS) is 11.3. The Balaban J connectivity index is 0.988. The van der Waals surface area contributed by atoms with Gasteiger partial charge in [-0.1, -0.05) is 194 Å². The maximum Gasteiger partial charge on any atom is 0.115 e. The average molecular weight is 1000 g/mol. The number of hydrogen-bond acceptors (Lipinski definition) is 4. The number of phenolic OH excluding ortho intramolecular Hbond substituents is 4. The van der Waals surface area contributed by atoms with Crippen molar-refractivity contribution in [3.8, 4) is 134 Å². The first-order chi connectivity index (χ1) is 38.2. The molecule has 0 radical (unpaired) electrons. The highest BCUT2D eigenvalue weighted by Gasteiger charge is 2.20. The van der Waals surface area contributed by atoms with Gasteiger partial charge in [0, 0.05) is 0 Å². The number of hydrogen-bond donors (Lipinski definition) is 4. The molecule has 13 aromatic rings. The zero-order chi connectivity index (χ0) is 52.7. The molecule has 13 aromatic carbocycles. The molecule has 0 amide bonds. The molecule has 0 fully saturated rings. The second-order valence-electron chi connectivity index (χ2n) is 19.9. The fourth-order valence-corrected chi connectivity index (χ4v) is 11.0. The lowest BCUT2D eigenvalue weighted by atomic mass is 9.83. The summed E-state index contributed by atoms with van der Waals surface area (Å²) in [6, 6.07) is 95.5. The fourth-order valence-electron chi connectivity index (χ4n) is 11.0. The van der Waals surface area contributed by atoms with Crippen LogP contribution in [0, 0.1) is 0 Å². The number of benzene rings is 13. The van der Waals surface area contributed by atoms with Gasteiger partial charge >= 0.3 is 0 Å². The van der Waals surface area contributed by atoms with Gasteiger partial charge in [0.05, 0.1) is 0 Å². The van der Waals surface area contributed by atoms with Crippen LogP contribution in [0.2, 0.25) is 0 Å². The van der Waals surface area contributed by atoms with Crippen molar-refractivity contribution in [1.29, 1.82) is 0 Å². The van der Waals surface area contributed by atoms with Crippen molar-refractivity contribution in [2.45, 2.75) is 0 Å². The van der Waals surface area contributed by atoms with Crippen molar-refractivity contribution in [1.82, 2.24) is 0 Å². The van der Waals surface area contributed by atoms with Crippen molar-refractivity contribution in [2.24, 2.45) is 0 Å². The van der Waals surface area contributed by atoms with E-state index >= 15 is 0 Å². The van der Waals surface area contributed by atoms with Crippen LogP contribution in [-0.2, 0) is 0 Å². The Hall–Kier alpha value is -10.4. The lowest BCUT2D eigenvalue weighted by Crippen LogP contribution is -1.93. The molecule has 0 saturated carbocycles. The van der Waals surface area contributed by atoms with Gasteiger partial charge in [0.15, 0.2) is 0 Å². The molecule has 0 aliphatic heterocycles. The zero-order valence-electron chi connectivity index (χ0n) is 42.3. The predicted molar refractivity (Wildman–Crippen MR) is 322 cm³/mol. The molecule has 0 bridgehead atoms. The van der Waals surface area contributed by atoms with E-state index in [1.807, 2.05) is 48.5 Å². The molecule has 0 unspecified atom stereocenters. The molecule has 4 N–H and O–H groups in total. The second kappa shape index (κ2) is 20.0. The highest BCUT2D eigenvalue weighted by molar-refractivity contribution is 6.22. The van der Waals surface area contributed by atoms with Crippen molar-refractivity contribution < 1.29 is 20.4 Å². The summed E-state index contributed by atoms with van der Waals surface area (Å²) in [6.45, 7) is 0. The van der Waals surface area contributed by atoms with Gasteiger partial charge in [0.1, 0.15) is 23.0 Å². The van der Waals surface area contributed by atoms with E-state index in [1.165, 1.54) is 0 Å². The van der Waals surface area contributed by atoms with Gasteiger partial charge in [-0.2, -0.15) is 0 Å². The summed E-state index contributed by atoms with van der Waals surface area (Å²) in [6.07, 6.45) is 0. The highest BCUT2D eigenvalue weighted by Crippen LogP contribution is 2.47. The summed E-state index contributed by atoms with van der Waals surface area (Å²) in [4.78, 5) is 0. The quantitative estimate of drug-likeness (QED) is 0.103. The summed E-state index contributed by atoms with van der Waals surface area (Å²) < 4.78 is 0. The molecule has 0 aromatic heterocycles. The molecule has 0 atom stereocenters. The summed E-state index contributed by atoms with van der Waals surface area (Å²) in [5.74, 6) is 0.964. The molecule has 0 aliphatic rings. The van der Waals surface area contributed by atoms with Crippen LogP contribution in [0.3, 0.4) is 0 Å². The van der Waals surface area contributed by atoms with Gasteiger partial charge in [0.2, 0.25) is 0 Å². The maximum absolute atomic E-state index is 10.0. The van der Waals surface area contributed by atoms with Gasteiger partial charge in [-0.15, -0.1) is 0 Å². The van der Waals surface area contributed by atoms with Crippen LogP contribution >= 0.6 is 0 Å². The SMILES string of the molecule is Oc1ccc(-c2ccc(-c3cc(-c4ccc(-c5ccc(O)cc5)cc4)cc(-c4c5ccccc5c(-c5cc(-c6ccc(-c7ccc(O)cc7)cc6)cc(-c6ccc(-c7ccc(O)cc7)cc6)c5)c5ccccc45)c3)cc2)cc1. The summed E-state index contributed by atoms with van der Waals surface area (Å²) in [5, 5.41) is 44.6. The standard InChI is InChI=1S/C74H50O4/c75-65-33-25-51(26-34-65)47-9-17-55(18-10-47)59-41-60(56-19-11-48(12-20-56)52-27-35-66(76)36-28-52)44-63(43-59)73-69-5-1-2-6-70(69)74(72-8-4-3-7-71(72)73)64-45-61(57-21-13-49(14-22-57)53-29-37-67(77)38-30-53)42-62(46-64)58-23-15-50(16-24-58)54-31-39-68(78)40-32-54/h1-46,75-78H. The summed E-state index contributed by atoms with van der Waals surface area (Å²) >= 11 is 0. The van der Waals surface area contributed by atoms with Gasteiger partial charge in [-0.05, 0) is 218 Å². The Morgan fingerprint density at radius 1 is 0.141 bits per heavy atom. The molecule has 370 valence electrons. The van der Waals surface area contributed by atoms with E-state index in [1.54, 1.807) is 48.5 Å². The van der Waals surface area contributed by atoms with Crippen LogP contribution in [0.15, 0.2) is 279 Å². The molecule has 4 heteroatoms. The minimum Gasteiger partial charge on any atom is -0.508 e. The molecule has 0 saturated heterocycles. The van der Waals surface area contributed by atoms with Crippen molar-refractivity contribution >= 4 is 21.5 Å². The first kappa shape index (κ1) is 47.3. The maximum atomic E-state index is 10.0. The van der Waals surface area contributed by atoms with Crippen LogP contribution in [0.4, 0.5) is 0 Å². The van der Waals surface area contributed by atoms with E-state index in [9.17, 15) is 20.4 Å². The number of fused-ring (bicyclic) bond motifs is 2. The largest absolute Gasteiger partial charge is 0.508 e. The van der Waals surface area contributed by atoms with Crippen LogP contribution < -0.4 is 0 Å². The van der Waals surface area contributed by atoms with Crippen LogP contribution in [-0.4, -0.2) is 20.4 Å². The van der Waals surface area contributed by atoms with E-state index in [0.29, 0.717) is 0 Å². The van der Waals surface area contributed by atoms with Crippen LogP contribution in [0.25, 0.3) is 133 Å². The number of aromatic hydroxyl groups is 4. The average Bonchev–Trinajstić information content (AvgIpc) is 3.68. The van der Waals surface area contributed by atoms with Crippen molar-refractivity contribution in [3.05, 3.63) is 279 Å². The first-order valence-corrected chi connectivity index (χ1v) is 26.1. The molecule has 4 nitrogen and oxygen atoms in total. The third kappa shape index (κ3) is 9.29. The highest BCUT2D eigenvalue weighted by atomic mass is 16.3. The van der Waals surface area contributed by atoms with E-state index in [2.05, 4.69) is 182 Å². The minimum atomic E-state index is 0.241. The predicted octanol–water partition coefficient (Wildman–Crippen LogP) is 19.5. The Morgan fingerprint density at radius 2 is 0.282 bits per heavy atom. The Kier molecular flexibility index (Phi) is 12.1. The van der Waals surface area contributed by atoms with Gasteiger partial charge in [0.25, 0.3) is 0 Å². The Bertz CT molecular complexity index is 3760. The molecule has 13 rings (SSSR count). The van der Waals surface area contributed by atoms with Gasteiger partial charge in [-0.3, -0.25) is 0 Å². The molecule has 0 spiro atoms. The van der Waals surface area contributed by atoms with Gasteiger partial charge in [-0.25, -0.2) is 0 Å². The summed E-state index contributed by atoms with van der Waals surface area (Å²) in [7, 11) is 0. The van der Waals surface area contributed by atoms with E-state index in [0.717, 1.165) is 133 Å².